The van der Waals surface area contributed by atoms with Crippen LogP contribution in [0.15, 0.2) is 41.3 Å². The fourth-order valence-corrected chi connectivity index (χ4v) is 3.43. The Morgan fingerprint density at radius 1 is 1.04 bits per heavy atom. The number of rotatable bonds is 5. The van der Waals surface area contributed by atoms with E-state index in [1.54, 1.807) is 19.9 Å². The Kier molecular flexibility index (Phi) is 5.41. The monoisotopic (exact) mass is 346 g/mol. The van der Waals surface area contributed by atoms with Gasteiger partial charge in [-0.05, 0) is 55.7 Å². The lowest BCUT2D eigenvalue weighted by atomic mass is 10.1. The lowest BCUT2D eigenvalue weighted by Crippen LogP contribution is -2.24. The highest BCUT2D eigenvalue weighted by molar-refractivity contribution is 7.89. The van der Waals surface area contributed by atoms with Crippen LogP contribution in [0.1, 0.15) is 34.0 Å². The molecule has 6 heteroatoms. The first-order valence-electron chi connectivity index (χ1n) is 7.74. The van der Waals surface area contributed by atoms with E-state index in [-0.39, 0.29) is 10.8 Å². The molecule has 0 aliphatic rings. The molecule has 1 amide bonds. The molecule has 0 radical (unpaired) electrons. The number of nitrogens with one attached hydrogen (secondary N) is 2. The van der Waals surface area contributed by atoms with Crippen molar-refractivity contribution in [1.82, 2.24) is 4.72 Å². The molecule has 0 heterocycles. The fourth-order valence-electron chi connectivity index (χ4n) is 2.36. The van der Waals surface area contributed by atoms with Gasteiger partial charge in [0.1, 0.15) is 0 Å². The second-order valence-corrected chi connectivity index (χ2v) is 7.45. The highest BCUT2D eigenvalue weighted by Crippen LogP contribution is 2.21. The van der Waals surface area contributed by atoms with E-state index in [2.05, 4.69) is 10.0 Å². The minimum atomic E-state index is -3.60. The molecule has 0 aliphatic heterocycles. The van der Waals surface area contributed by atoms with Crippen LogP contribution in [0, 0.1) is 20.8 Å². The van der Waals surface area contributed by atoms with Gasteiger partial charge in [-0.15, -0.1) is 0 Å². The number of benzene rings is 2. The van der Waals surface area contributed by atoms with E-state index >= 15 is 0 Å². The third-order valence-corrected chi connectivity index (χ3v) is 5.49. The number of anilines is 1. The molecule has 0 aliphatic carbocycles. The van der Waals surface area contributed by atoms with Crippen molar-refractivity contribution in [2.24, 2.45) is 0 Å². The van der Waals surface area contributed by atoms with E-state index < -0.39 is 10.0 Å². The summed E-state index contributed by atoms with van der Waals surface area (Å²) in [7, 11) is -3.60. The standard InChI is InChI=1S/C18H22N2O3S/c1-5-19-24(22,23)15-10-9-13(3)16(11-15)18(21)20-17-8-6-7-12(2)14(17)4/h6-11,19H,5H2,1-4H3,(H,20,21). The molecule has 128 valence electrons. The number of hydrogen-bond acceptors (Lipinski definition) is 3. The van der Waals surface area contributed by atoms with Crippen molar-refractivity contribution in [1.29, 1.82) is 0 Å². The van der Waals surface area contributed by atoms with Crippen LogP contribution in [0.2, 0.25) is 0 Å². The third-order valence-electron chi connectivity index (χ3n) is 3.95. The number of aryl methyl sites for hydroxylation is 2. The van der Waals surface area contributed by atoms with E-state index in [1.807, 2.05) is 32.0 Å². The summed E-state index contributed by atoms with van der Waals surface area (Å²) in [6.45, 7) is 7.69. The Labute approximate surface area is 143 Å². The van der Waals surface area contributed by atoms with E-state index in [0.29, 0.717) is 17.7 Å². The minimum absolute atomic E-state index is 0.0843. The average Bonchev–Trinajstić information content (AvgIpc) is 2.52. The topological polar surface area (TPSA) is 75.3 Å². The summed E-state index contributed by atoms with van der Waals surface area (Å²) in [5, 5.41) is 2.86. The zero-order valence-electron chi connectivity index (χ0n) is 14.3. The Hall–Kier alpha value is -2.18. The number of hydrogen-bond donors (Lipinski definition) is 2. The van der Waals surface area contributed by atoms with Gasteiger partial charge in [0.15, 0.2) is 0 Å². The quantitative estimate of drug-likeness (QED) is 0.873. The molecule has 0 atom stereocenters. The van der Waals surface area contributed by atoms with Gasteiger partial charge >= 0.3 is 0 Å². The first kappa shape index (κ1) is 18.2. The lowest BCUT2D eigenvalue weighted by Gasteiger charge is -2.13. The van der Waals surface area contributed by atoms with Gasteiger partial charge in [0.25, 0.3) is 5.91 Å². The molecule has 2 N–H and O–H groups in total. The van der Waals surface area contributed by atoms with Crippen LogP contribution >= 0.6 is 0 Å². The Balaban J connectivity index is 2.37. The summed E-state index contributed by atoms with van der Waals surface area (Å²) >= 11 is 0. The molecular weight excluding hydrogens is 324 g/mol. The molecule has 0 bridgehead atoms. The summed E-state index contributed by atoms with van der Waals surface area (Å²) < 4.78 is 26.7. The van der Waals surface area contributed by atoms with Crippen LogP contribution in [-0.2, 0) is 10.0 Å². The molecule has 24 heavy (non-hydrogen) atoms. The molecule has 0 aromatic heterocycles. The molecule has 2 aromatic carbocycles. The predicted molar refractivity (Wildman–Crippen MR) is 95.9 cm³/mol. The summed E-state index contributed by atoms with van der Waals surface area (Å²) in [6.07, 6.45) is 0. The van der Waals surface area contributed by atoms with Gasteiger partial charge in [0, 0.05) is 17.8 Å². The maximum atomic E-state index is 12.6. The van der Waals surface area contributed by atoms with Gasteiger partial charge in [0.05, 0.1) is 4.90 Å². The van der Waals surface area contributed by atoms with E-state index in [4.69, 9.17) is 0 Å². The van der Waals surface area contributed by atoms with Gasteiger partial charge in [-0.1, -0.05) is 25.1 Å². The fraction of sp³-hybridized carbons (Fsp3) is 0.278. The molecule has 2 aromatic rings. The summed E-state index contributed by atoms with van der Waals surface area (Å²) in [4.78, 5) is 12.7. The van der Waals surface area contributed by atoms with Crippen LogP contribution < -0.4 is 10.0 Å². The zero-order valence-corrected chi connectivity index (χ0v) is 15.1. The highest BCUT2D eigenvalue weighted by atomic mass is 32.2. The van der Waals surface area contributed by atoms with E-state index in [1.165, 1.54) is 12.1 Å². The first-order valence-corrected chi connectivity index (χ1v) is 9.22. The van der Waals surface area contributed by atoms with E-state index in [0.717, 1.165) is 16.8 Å². The smallest absolute Gasteiger partial charge is 0.255 e. The van der Waals surface area contributed by atoms with Gasteiger partial charge in [-0.3, -0.25) is 4.79 Å². The van der Waals surface area contributed by atoms with Crippen LogP contribution in [0.5, 0.6) is 0 Å². The minimum Gasteiger partial charge on any atom is -0.322 e. The molecule has 2 rings (SSSR count). The van der Waals surface area contributed by atoms with Crippen LogP contribution in [0.4, 0.5) is 5.69 Å². The largest absolute Gasteiger partial charge is 0.322 e. The number of amides is 1. The predicted octanol–water partition coefficient (Wildman–Crippen LogP) is 3.16. The SMILES string of the molecule is CCNS(=O)(=O)c1ccc(C)c(C(=O)Nc2cccc(C)c2C)c1. The van der Waals surface area contributed by atoms with Crippen molar-refractivity contribution >= 4 is 21.6 Å². The lowest BCUT2D eigenvalue weighted by molar-refractivity contribution is 0.102. The van der Waals surface area contributed by atoms with Crippen molar-refractivity contribution in [3.8, 4) is 0 Å². The molecule has 0 spiro atoms. The molecule has 5 nitrogen and oxygen atoms in total. The number of carbonyl (C=O) groups is 1. The van der Waals surface area contributed by atoms with Crippen LogP contribution in [0.3, 0.4) is 0 Å². The van der Waals surface area contributed by atoms with Crippen molar-refractivity contribution in [3.05, 3.63) is 58.7 Å². The molecular formula is C18H22N2O3S. The average molecular weight is 346 g/mol. The Bertz CT molecular complexity index is 874. The van der Waals surface area contributed by atoms with Gasteiger partial charge in [-0.25, -0.2) is 13.1 Å². The molecule has 0 saturated carbocycles. The summed E-state index contributed by atoms with van der Waals surface area (Å²) in [5.74, 6) is -0.324. The zero-order chi connectivity index (χ0) is 17.9. The van der Waals surface area contributed by atoms with Crippen LogP contribution in [0.25, 0.3) is 0 Å². The Morgan fingerprint density at radius 2 is 1.75 bits per heavy atom. The summed E-state index contributed by atoms with van der Waals surface area (Å²) in [5.41, 5.74) is 3.84. The van der Waals surface area contributed by atoms with Crippen molar-refractivity contribution in [3.63, 3.8) is 0 Å². The Morgan fingerprint density at radius 3 is 2.42 bits per heavy atom. The molecule has 0 unspecified atom stereocenters. The maximum Gasteiger partial charge on any atom is 0.255 e. The number of sulfonamides is 1. The van der Waals surface area contributed by atoms with Gasteiger partial charge < -0.3 is 5.32 Å². The number of carbonyl (C=O) groups excluding carboxylic acids is 1. The van der Waals surface area contributed by atoms with Gasteiger partial charge in [-0.2, -0.15) is 0 Å². The molecule has 0 fully saturated rings. The normalized spacial score (nSPS) is 11.3. The van der Waals surface area contributed by atoms with Crippen molar-refractivity contribution in [2.75, 3.05) is 11.9 Å². The second kappa shape index (κ2) is 7.15. The van der Waals surface area contributed by atoms with Crippen LogP contribution in [-0.4, -0.2) is 20.9 Å². The summed E-state index contributed by atoms with van der Waals surface area (Å²) in [6, 6.07) is 10.2. The first-order chi connectivity index (χ1) is 11.3. The van der Waals surface area contributed by atoms with E-state index in [9.17, 15) is 13.2 Å². The van der Waals surface area contributed by atoms with Gasteiger partial charge in [0.2, 0.25) is 10.0 Å². The highest BCUT2D eigenvalue weighted by Gasteiger charge is 2.17. The second-order valence-electron chi connectivity index (χ2n) is 5.68. The third kappa shape index (κ3) is 3.83. The maximum absolute atomic E-state index is 12.6. The van der Waals surface area contributed by atoms with Crippen molar-refractivity contribution in [2.45, 2.75) is 32.6 Å². The van der Waals surface area contributed by atoms with Crippen molar-refractivity contribution < 1.29 is 13.2 Å². The molecule has 0 saturated heterocycles.